The summed E-state index contributed by atoms with van der Waals surface area (Å²) < 4.78 is 4.45. The van der Waals surface area contributed by atoms with Gasteiger partial charge in [0.15, 0.2) is 0 Å². The predicted molar refractivity (Wildman–Crippen MR) is 145 cm³/mol. The minimum Gasteiger partial charge on any atom is -0.309 e. The van der Waals surface area contributed by atoms with Gasteiger partial charge in [-0.2, -0.15) is 10.5 Å². The molecule has 0 unspecified atom stereocenters. The van der Waals surface area contributed by atoms with Crippen LogP contribution in [-0.2, 0) is 0 Å². The first-order chi connectivity index (χ1) is 17.8. The van der Waals surface area contributed by atoms with Crippen LogP contribution >= 0.6 is 0 Å². The van der Waals surface area contributed by atoms with E-state index in [2.05, 4.69) is 94.1 Å². The second-order valence-corrected chi connectivity index (χ2v) is 8.88. The highest BCUT2D eigenvalue weighted by molar-refractivity contribution is 6.19. The molecule has 2 aromatic heterocycles. The van der Waals surface area contributed by atoms with Crippen LogP contribution in [-0.4, -0.2) is 9.13 Å². The fraction of sp³-hybridized carbons (Fsp3) is 0. The van der Waals surface area contributed by atoms with Gasteiger partial charge < -0.3 is 9.13 Å². The lowest BCUT2D eigenvalue weighted by Crippen LogP contribution is -1.99. The first kappa shape index (κ1) is 20.1. The number of benzene rings is 5. The van der Waals surface area contributed by atoms with Gasteiger partial charge in [-0.15, -0.1) is 0 Å². The fourth-order valence-electron chi connectivity index (χ4n) is 5.44. The molecule has 7 aromatic rings. The van der Waals surface area contributed by atoms with Crippen LogP contribution in [0, 0.1) is 22.7 Å². The van der Waals surface area contributed by atoms with E-state index in [1.165, 1.54) is 10.8 Å². The Kier molecular flexibility index (Phi) is 4.24. The molecule has 4 nitrogen and oxygen atoms in total. The van der Waals surface area contributed by atoms with E-state index in [0.717, 1.165) is 44.2 Å². The summed E-state index contributed by atoms with van der Waals surface area (Å²) in [4.78, 5) is 0. The highest BCUT2D eigenvalue weighted by atomic mass is 15.0. The number of hydrogen-bond acceptors (Lipinski definition) is 2. The molecule has 0 saturated carbocycles. The van der Waals surface area contributed by atoms with Crippen LogP contribution in [0.15, 0.2) is 109 Å². The molecular formula is C32H18N4. The van der Waals surface area contributed by atoms with Crippen molar-refractivity contribution in [3.63, 3.8) is 0 Å². The Balaban J connectivity index is 1.69. The molecule has 0 aliphatic heterocycles. The van der Waals surface area contributed by atoms with Crippen molar-refractivity contribution < 1.29 is 0 Å². The molecule has 0 fully saturated rings. The number of nitrogens with zero attached hydrogens (tertiary/aromatic N) is 4. The predicted octanol–water partition coefficient (Wildman–Crippen LogP) is 7.62. The first-order valence-corrected chi connectivity index (χ1v) is 11.7. The lowest BCUT2D eigenvalue weighted by molar-refractivity contribution is 1.16. The summed E-state index contributed by atoms with van der Waals surface area (Å²) in [6.07, 6.45) is 0. The zero-order valence-corrected chi connectivity index (χ0v) is 19.2. The van der Waals surface area contributed by atoms with E-state index >= 15 is 0 Å². The Bertz CT molecular complexity index is 2060. The topological polar surface area (TPSA) is 57.4 Å². The lowest BCUT2D eigenvalue weighted by Gasteiger charge is -2.11. The van der Waals surface area contributed by atoms with Crippen molar-refractivity contribution >= 4 is 43.6 Å². The third-order valence-corrected chi connectivity index (χ3v) is 6.97. The van der Waals surface area contributed by atoms with E-state index in [9.17, 15) is 10.5 Å². The van der Waals surface area contributed by atoms with Crippen molar-refractivity contribution in [1.29, 1.82) is 10.5 Å². The molecule has 0 atom stereocenters. The smallest absolute Gasteiger partial charge is 0.101 e. The number of rotatable bonds is 2. The third kappa shape index (κ3) is 2.73. The largest absolute Gasteiger partial charge is 0.309 e. The molecule has 0 radical (unpaired) electrons. The van der Waals surface area contributed by atoms with Crippen molar-refractivity contribution in [2.24, 2.45) is 0 Å². The maximum Gasteiger partial charge on any atom is 0.101 e. The monoisotopic (exact) mass is 458 g/mol. The van der Waals surface area contributed by atoms with Crippen molar-refractivity contribution in [2.45, 2.75) is 0 Å². The van der Waals surface area contributed by atoms with Gasteiger partial charge in [-0.05, 0) is 54.6 Å². The zero-order chi connectivity index (χ0) is 24.2. The summed E-state index contributed by atoms with van der Waals surface area (Å²) in [5, 5.41) is 24.0. The molecule has 0 N–H and O–H groups in total. The molecule has 2 heterocycles. The van der Waals surface area contributed by atoms with Crippen LogP contribution in [0.4, 0.5) is 0 Å². The van der Waals surface area contributed by atoms with Gasteiger partial charge in [0, 0.05) is 27.2 Å². The molecule has 0 aliphatic carbocycles. The van der Waals surface area contributed by atoms with Gasteiger partial charge in [-0.25, -0.2) is 0 Å². The van der Waals surface area contributed by atoms with E-state index in [1.54, 1.807) is 12.1 Å². The summed E-state index contributed by atoms with van der Waals surface area (Å²) >= 11 is 0. The Labute approximate surface area is 207 Å². The average molecular weight is 459 g/mol. The molecule has 7 rings (SSSR count). The minimum atomic E-state index is 0.473. The summed E-state index contributed by atoms with van der Waals surface area (Å²) in [6, 6.07) is 41.5. The van der Waals surface area contributed by atoms with Crippen molar-refractivity contribution in [2.75, 3.05) is 0 Å². The number of para-hydroxylation sites is 3. The Hall–Kier alpha value is -5.32. The SMILES string of the molecule is N#Cc1ccc(-n2c3ccccc3c3cc4c5ccccc5n(-c5ccccc5)c4cc32)c(C#N)c1. The molecule has 0 saturated heterocycles. The van der Waals surface area contributed by atoms with Crippen molar-refractivity contribution in [3.8, 4) is 23.5 Å². The summed E-state index contributed by atoms with van der Waals surface area (Å²) in [7, 11) is 0. The molecular weight excluding hydrogens is 440 g/mol. The van der Waals surface area contributed by atoms with Gasteiger partial charge in [-0.1, -0.05) is 54.6 Å². The minimum absolute atomic E-state index is 0.473. The second-order valence-electron chi connectivity index (χ2n) is 8.88. The van der Waals surface area contributed by atoms with Crippen LogP contribution < -0.4 is 0 Å². The van der Waals surface area contributed by atoms with E-state index in [-0.39, 0.29) is 0 Å². The Morgan fingerprint density at radius 3 is 1.75 bits per heavy atom. The number of fused-ring (bicyclic) bond motifs is 6. The van der Waals surface area contributed by atoms with E-state index < -0.39 is 0 Å². The normalized spacial score (nSPS) is 11.3. The molecule has 5 aromatic carbocycles. The number of hydrogen-bond donors (Lipinski definition) is 0. The van der Waals surface area contributed by atoms with E-state index in [4.69, 9.17) is 0 Å². The van der Waals surface area contributed by atoms with E-state index in [0.29, 0.717) is 11.1 Å². The van der Waals surface area contributed by atoms with Crippen LogP contribution in [0.1, 0.15) is 11.1 Å². The quantitative estimate of drug-likeness (QED) is 0.267. The molecule has 4 heteroatoms. The standard InChI is InChI=1S/C32H18N4/c33-19-21-14-15-28(22(16-21)20-34)36-30-13-7-5-11-25(30)27-17-26-24-10-4-6-12-29(24)35(31(26)18-32(27)36)23-8-2-1-3-9-23/h1-18H. The summed E-state index contributed by atoms with van der Waals surface area (Å²) in [5.74, 6) is 0. The van der Waals surface area contributed by atoms with E-state index in [1.807, 2.05) is 24.3 Å². The van der Waals surface area contributed by atoms with Gasteiger partial charge in [0.2, 0.25) is 0 Å². The highest BCUT2D eigenvalue weighted by Crippen LogP contribution is 2.39. The van der Waals surface area contributed by atoms with Gasteiger partial charge in [0.1, 0.15) is 6.07 Å². The molecule has 36 heavy (non-hydrogen) atoms. The molecule has 0 spiro atoms. The molecule has 166 valence electrons. The highest BCUT2D eigenvalue weighted by Gasteiger charge is 2.19. The number of nitriles is 2. The summed E-state index contributed by atoms with van der Waals surface area (Å²) in [6.45, 7) is 0. The van der Waals surface area contributed by atoms with Crippen molar-refractivity contribution in [3.05, 3.63) is 120 Å². The molecule has 0 aliphatic rings. The Morgan fingerprint density at radius 1 is 0.472 bits per heavy atom. The molecule has 0 amide bonds. The van der Waals surface area contributed by atoms with Gasteiger partial charge in [0.05, 0.1) is 45.0 Å². The lowest BCUT2D eigenvalue weighted by atomic mass is 10.1. The second kappa shape index (κ2) is 7.60. The van der Waals surface area contributed by atoms with Crippen LogP contribution in [0.25, 0.3) is 55.0 Å². The van der Waals surface area contributed by atoms with Crippen LogP contribution in [0.3, 0.4) is 0 Å². The van der Waals surface area contributed by atoms with Gasteiger partial charge in [-0.3, -0.25) is 0 Å². The maximum absolute atomic E-state index is 9.96. The number of aromatic nitrogens is 2. The fourth-order valence-corrected chi connectivity index (χ4v) is 5.44. The Morgan fingerprint density at radius 2 is 1.08 bits per heavy atom. The zero-order valence-electron chi connectivity index (χ0n) is 19.2. The first-order valence-electron chi connectivity index (χ1n) is 11.7. The summed E-state index contributed by atoms with van der Waals surface area (Å²) in [5.41, 5.74) is 7.11. The maximum atomic E-state index is 9.96. The van der Waals surface area contributed by atoms with Crippen LogP contribution in [0.5, 0.6) is 0 Å². The van der Waals surface area contributed by atoms with Crippen molar-refractivity contribution in [1.82, 2.24) is 9.13 Å². The molecule has 0 bridgehead atoms. The van der Waals surface area contributed by atoms with Crippen LogP contribution in [0.2, 0.25) is 0 Å². The van der Waals surface area contributed by atoms with Gasteiger partial charge >= 0.3 is 0 Å². The van der Waals surface area contributed by atoms with Gasteiger partial charge in [0.25, 0.3) is 0 Å². The average Bonchev–Trinajstić information content (AvgIpc) is 3.44. The third-order valence-electron chi connectivity index (χ3n) is 6.97.